The Morgan fingerprint density at radius 3 is 2.42 bits per heavy atom. The van der Waals surface area contributed by atoms with E-state index in [-0.39, 0.29) is 0 Å². The van der Waals surface area contributed by atoms with Crippen LogP contribution in [0.1, 0.15) is 47.0 Å². The Morgan fingerprint density at radius 1 is 1.42 bits per heavy atom. The molecule has 1 aliphatic rings. The molecule has 1 saturated carbocycles. The number of halogens is 1. The molecule has 0 aromatic carbocycles. The van der Waals surface area contributed by atoms with E-state index in [9.17, 15) is 0 Å². The van der Waals surface area contributed by atoms with Crippen LogP contribution >= 0.6 is 11.6 Å². The van der Waals surface area contributed by atoms with E-state index in [4.69, 9.17) is 11.6 Å². The van der Waals surface area contributed by atoms with Crippen molar-refractivity contribution in [2.24, 2.45) is 17.3 Å². The van der Waals surface area contributed by atoms with Gasteiger partial charge in [0.15, 0.2) is 0 Å². The molecule has 0 bridgehead atoms. The topological polar surface area (TPSA) is 0 Å². The van der Waals surface area contributed by atoms with Crippen LogP contribution in [0.15, 0.2) is 0 Å². The van der Waals surface area contributed by atoms with Crippen molar-refractivity contribution in [3.8, 4) is 0 Å². The largest absolute Gasteiger partial charge is 0.123 e. The SMILES string of the molecule is CC(Cl)C1CCC(C)(C)CC1C. The molecule has 0 spiro atoms. The highest BCUT2D eigenvalue weighted by Crippen LogP contribution is 2.43. The number of alkyl halides is 1. The minimum Gasteiger partial charge on any atom is -0.123 e. The van der Waals surface area contributed by atoms with Crippen molar-refractivity contribution in [2.75, 3.05) is 0 Å². The lowest BCUT2D eigenvalue weighted by molar-refractivity contribution is 0.128. The Hall–Kier alpha value is 0.290. The van der Waals surface area contributed by atoms with E-state index in [0.717, 1.165) is 11.8 Å². The zero-order chi connectivity index (χ0) is 9.35. The van der Waals surface area contributed by atoms with Gasteiger partial charge in [-0.25, -0.2) is 0 Å². The molecular weight excluding hydrogens is 168 g/mol. The van der Waals surface area contributed by atoms with E-state index in [0.29, 0.717) is 10.8 Å². The zero-order valence-corrected chi connectivity index (χ0v) is 9.49. The first kappa shape index (κ1) is 10.4. The summed E-state index contributed by atoms with van der Waals surface area (Å²) in [5.41, 5.74) is 0.557. The summed E-state index contributed by atoms with van der Waals surface area (Å²) in [6, 6.07) is 0. The Labute approximate surface area is 81.7 Å². The van der Waals surface area contributed by atoms with Crippen molar-refractivity contribution in [3.63, 3.8) is 0 Å². The summed E-state index contributed by atoms with van der Waals surface area (Å²) in [6.45, 7) is 9.24. The third-order valence-electron chi connectivity index (χ3n) is 3.35. The van der Waals surface area contributed by atoms with Gasteiger partial charge in [0, 0.05) is 5.38 Å². The quantitative estimate of drug-likeness (QED) is 0.545. The van der Waals surface area contributed by atoms with Gasteiger partial charge in [-0.2, -0.15) is 0 Å². The summed E-state index contributed by atoms with van der Waals surface area (Å²) in [5, 5.41) is 0.358. The molecule has 1 aliphatic carbocycles. The third kappa shape index (κ3) is 2.39. The molecule has 0 aromatic rings. The first-order valence-corrected chi connectivity index (χ1v) is 5.50. The van der Waals surface area contributed by atoms with Gasteiger partial charge in [-0.05, 0) is 43.4 Å². The van der Waals surface area contributed by atoms with Gasteiger partial charge < -0.3 is 0 Å². The van der Waals surface area contributed by atoms with Crippen LogP contribution in [0.3, 0.4) is 0 Å². The van der Waals surface area contributed by atoms with Crippen molar-refractivity contribution < 1.29 is 0 Å². The molecule has 0 radical (unpaired) electrons. The highest BCUT2D eigenvalue weighted by molar-refractivity contribution is 6.20. The monoisotopic (exact) mass is 188 g/mol. The third-order valence-corrected chi connectivity index (χ3v) is 3.67. The molecule has 0 nitrogen and oxygen atoms in total. The molecule has 0 aromatic heterocycles. The standard InChI is InChI=1S/C11H21Cl/c1-8-7-11(3,4)6-5-10(8)9(2)12/h8-10H,5-7H2,1-4H3. The van der Waals surface area contributed by atoms with E-state index in [1.807, 2.05) is 0 Å². The lowest BCUT2D eigenvalue weighted by Gasteiger charge is -2.40. The molecule has 0 heterocycles. The Bertz CT molecular complexity index is 149. The summed E-state index contributed by atoms with van der Waals surface area (Å²) < 4.78 is 0. The van der Waals surface area contributed by atoms with Crippen LogP contribution in [-0.2, 0) is 0 Å². The van der Waals surface area contributed by atoms with E-state index in [1.165, 1.54) is 19.3 Å². The van der Waals surface area contributed by atoms with Crippen LogP contribution in [0.5, 0.6) is 0 Å². The highest BCUT2D eigenvalue weighted by atomic mass is 35.5. The molecule has 1 rings (SSSR count). The van der Waals surface area contributed by atoms with E-state index in [1.54, 1.807) is 0 Å². The fourth-order valence-corrected chi connectivity index (χ4v) is 3.02. The minimum atomic E-state index is 0.358. The molecule has 3 unspecified atom stereocenters. The second-order valence-electron chi connectivity index (χ2n) is 5.23. The van der Waals surface area contributed by atoms with Crippen LogP contribution in [0.25, 0.3) is 0 Å². The fraction of sp³-hybridized carbons (Fsp3) is 1.00. The molecule has 0 amide bonds. The lowest BCUT2D eigenvalue weighted by Crippen LogP contribution is -2.32. The molecule has 12 heavy (non-hydrogen) atoms. The second kappa shape index (κ2) is 3.57. The Balaban J connectivity index is 2.54. The van der Waals surface area contributed by atoms with Crippen LogP contribution in [-0.4, -0.2) is 5.38 Å². The second-order valence-corrected chi connectivity index (χ2v) is 5.91. The maximum Gasteiger partial charge on any atom is 0.0338 e. The predicted molar refractivity (Wildman–Crippen MR) is 55.6 cm³/mol. The van der Waals surface area contributed by atoms with E-state index >= 15 is 0 Å². The molecule has 72 valence electrons. The van der Waals surface area contributed by atoms with Crippen molar-refractivity contribution in [3.05, 3.63) is 0 Å². The number of rotatable bonds is 1. The average molecular weight is 189 g/mol. The molecule has 0 saturated heterocycles. The fourth-order valence-electron chi connectivity index (χ4n) is 2.65. The minimum absolute atomic E-state index is 0.358. The molecule has 3 atom stereocenters. The smallest absolute Gasteiger partial charge is 0.0338 e. The maximum absolute atomic E-state index is 6.14. The maximum atomic E-state index is 6.14. The molecular formula is C11H21Cl. The summed E-state index contributed by atoms with van der Waals surface area (Å²) in [7, 11) is 0. The van der Waals surface area contributed by atoms with Gasteiger partial charge in [0.25, 0.3) is 0 Å². The molecule has 1 heteroatoms. The van der Waals surface area contributed by atoms with Gasteiger partial charge in [-0.1, -0.05) is 20.8 Å². The van der Waals surface area contributed by atoms with Gasteiger partial charge in [0.05, 0.1) is 0 Å². The van der Waals surface area contributed by atoms with Gasteiger partial charge in [0.2, 0.25) is 0 Å². The summed E-state index contributed by atoms with van der Waals surface area (Å²) >= 11 is 6.14. The first-order chi connectivity index (χ1) is 5.42. The molecule has 1 fully saturated rings. The summed E-state index contributed by atoms with van der Waals surface area (Å²) in [6.07, 6.45) is 4.01. The number of hydrogen-bond acceptors (Lipinski definition) is 0. The van der Waals surface area contributed by atoms with Crippen molar-refractivity contribution >= 4 is 11.6 Å². The Morgan fingerprint density at radius 2 is 2.00 bits per heavy atom. The van der Waals surface area contributed by atoms with Crippen molar-refractivity contribution in [1.82, 2.24) is 0 Å². The average Bonchev–Trinajstić information content (AvgIpc) is 1.83. The van der Waals surface area contributed by atoms with Crippen molar-refractivity contribution in [1.29, 1.82) is 0 Å². The normalized spacial score (nSPS) is 37.8. The van der Waals surface area contributed by atoms with Gasteiger partial charge in [-0.3, -0.25) is 0 Å². The predicted octanol–water partition coefficient (Wildman–Crippen LogP) is 4.08. The Kier molecular flexibility index (Phi) is 3.09. The highest BCUT2D eigenvalue weighted by Gasteiger charge is 2.34. The van der Waals surface area contributed by atoms with Crippen LogP contribution in [0.2, 0.25) is 0 Å². The molecule has 0 N–H and O–H groups in total. The van der Waals surface area contributed by atoms with E-state index < -0.39 is 0 Å². The summed E-state index contributed by atoms with van der Waals surface area (Å²) in [5.74, 6) is 1.56. The van der Waals surface area contributed by atoms with Crippen LogP contribution < -0.4 is 0 Å². The number of hydrogen-bond donors (Lipinski definition) is 0. The van der Waals surface area contributed by atoms with Gasteiger partial charge >= 0.3 is 0 Å². The lowest BCUT2D eigenvalue weighted by atomic mass is 9.67. The van der Waals surface area contributed by atoms with Crippen LogP contribution in [0, 0.1) is 17.3 Å². The molecule has 0 aliphatic heterocycles. The first-order valence-electron chi connectivity index (χ1n) is 5.06. The zero-order valence-electron chi connectivity index (χ0n) is 8.73. The van der Waals surface area contributed by atoms with Crippen molar-refractivity contribution in [2.45, 2.75) is 52.3 Å². The van der Waals surface area contributed by atoms with E-state index in [2.05, 4.69) is 27.7 Å². The van der Waals surface area contributed by atoms with Crippen LogP contribution in [0.4, 0.5) is 0 Å². The van der Waals surface area contributed by atoms with Gasteiger partial charge in [-0.15, -0.1) is 11.6 Å². The summed E-state index contributed by atoms with van der Waals surface area (Å²) in [4.78, 5) is 0. The van der Waals surface area contributed by atoms with Gasteiger partial charge in [0.1, 0.15) is 0 Å².